The van der Waals surface area contributed by atoms with E-state index >= 15 is 0 Å². The highest BCUT2D eigenvalue weighted by Crippen LogP contribution is 2.18. The quantitative estimate of drug-likeness (QED) is 0.847. The van der Waals surface area contributed by atoms with Crippen LogP contribution < -0.4 is 5.32 Å². The Kier molecular flexibility index (Phi) is 4.32. The van der Waals surface area contributed by atoms with Gasteiger partial charge in [0.05, 0.1) is 4.88 Å². The third-order valence-corrected chi connectivity index (χ3v) is 3.65. The van der Waals surface area contributed by atoms with Crippen LogP contribution in [0.1, 0.15) is 20.8 Å². The summed E-state index contributed by atoms with van der Waals surface area (Å²) in [4.78, 5) is 23.2. The lowest BCUT2D eigenvalue weighted by molar-refractivity contribution is -0.131. The largest absolute Gasteiger partial charge is 0.478 e. The van der Waals surface area contributed by atoms with Crippen LogP contribution in [0, 0.1) is 6.92 Å². The van der Waals surface area contributed by atoms with Crippen LogP contribution in [0.25, 0.3) is 6.08 Å². The summed E-state index contributed by atoms with van der Waals surface area (Å²) in [5.41, 5.74) is 2.29. The lowest BCUT2D eigenvalue weighted by atomic mass is 10.2. The second kappa shape index (κ2) is 6.16. The van der Waals surface area contributed by atoms with Gasteiger partial charge in [0.15, 0.2) is 0 Å². The molecular formula is C15H13NO3S. The predicted molar refractivity (Wildman–Crippen MR) is 80.1 cm³/mol. The van der Waals surface area contributed by atoms with Crippen molar-refractivity contribution in [1.29, 1.82) is 0 Å². The number of hydrogen-bond acceptors (Lipinski definition) is 3. The molecule has 1 aromatic heterocycles. The maximum absolute atomic E-state index is 12.1. The molecule has 0 saturated carbocycles. The topological polar surface area (TPSA) is 66.4 Å². The zero-order chi connectivity index (χ0) is 14.5. The van der Waals surface area contributed by atoms with E-state index in [2.05, 4.69) is 5.32 Å². The number of carboxylic acid groups (broad SMARTS) is 1. The van der Waals surface area contributed by atoms with E-state index in [0.717, 1.165) is 11.6 Å². The summed E-state index contributed by atoms with van der Waals surface area (Å²) in [7, 11) is 0. The number of carboxylic acids is 1. The second-order valence-electron chi connectivity index (χ2n) is 4.18. The first kappa shape index (κ1) is 14.0. The van der Waals surface area contributed by atoms with Gasteiger partial charge in [-0.15, -0.1) is 11.3 Å². The van der Waals surface area contributed by atoms with E-state index in [-0.39, 0.29) is 5.91 Å². The highest BCUT2D eigenvalue weighted by molar-refractivity contribution is 7.12. The van der Waals surface area contributed by atoms with E-state index in [4.69, 9.17) is 5.11 Å². The Hall–Kier alpha value is -2.40. The van der Waals surface area contributed by atoms with E-state index in [1.54, 1.807) is 24.3 Å². The first-order chi connectivity index (χ1) is 9.56. The molecule has 2 N–H and O–H groups in total. The number of aliphatic carboxylic acids is 1. The number of hydrogen-bond donors (Lipinski definition) is 2. The molecule has 1 aromatic carbocycles. The third-order valence-electron chi connectivity index (χ3n) is 2.63. The molecule has 0 fully saturated rings. The maximum atomic E-state index is 12.1. The number of thiophene rings is 1. The van der Waals surface area contributed by atoms with E-state index < -0.39 is 5.97 Å². The maximum Gasteiger partial charge on any atom is 0.328 e. The van der Waals surface area contributed by atoms with Crippen LogP contribution >= 0.6 is 11.3 Å². The van der Waals surface area contributed by atoms with Gasteiger partial charge in [-0.25, -0.2) is 4.79 Å². The van der Waals surface area contributed by atoms with Crippen molar-refractivity contribution in [3.8, 4) is 0 Å². The second-order valence-corrected chi connectivity index (χ2v) is 5.10. The van der Waals surface area contributed by atoms with Crippen LogP contribution in [0.15, 0.2) is 41.8 Å². The molecule has 2 rings (SSSR count). The van der Waals surface area contributed by atoms with Crippen LogP contribution in [0.4, 0.5) is 5.69 Å². The molecule has 1 heterocycles. The monoisotopic (exact) mass is 287 g/mol. The first-order valence-corrected chi connectivity index (χ1v) is 6.81. The average molecular weight is 287 g/mol. The Bertz CT molecular complexity index is 673. The Morgan fingerprint density at radius 3 is 2.75 bits per heavy atom. The molecule has 20 heavy (non-hydrogen) atoms. The summed E-state index contributed by atoms with van der Waals surface area (Å²) in [5.74, 6) is -1.16. The van der Waals surface area contributed by atoms with Gasteiger partial charge in [-0.3, -0.25) is 4.79 Å². The van der Waals surface area contributed by atoms with Crippen molar-refractivity contribution in [1.82, 2.24) is 0 Å². The minimum atomic E-state index is -1.01. The molecule has 4 nitrogen and oxygen atoms in total. The molecule has 0 bridgehead atoms. The number of benzene rings is 1. The standard InChI is InChI=1S/C15H13NO3S/c1-10-7-8-20-14(10)15(19)16-12-4-2-3-11(9-12)5-6-13(17)18/h2-9H,1H3,(H,16,19)(H,17,18). The van der Waals surface area contributed by atoms with Crippen LogP contribution in [0.5, 0.6) is 0 Å². The van der Waals surface area contributed by atoms with Gasteiger partial charge in [0.25, 0.3) is 5.91 Å². The van der Waals surface area contributed by atoms with Crippen molar-refractivity contribution < 1.29 is 14.7 Å². The molecule has 0 saturated heterocycles. The molecule has 1 amide bonds. The molecule has 0 aliphatic heterocycles. The number of carbonyl (C=O) groups excluding carboxylic acids is 1. The van der Waals surface area contributed by atoms with Gasteiger partial charge in [-0.2, -0.15) is 0 Å². The number of aryl methyl sites for hydroxylation is 1. The SMILES string of the molecule is Cc1ccsc1C(=O)Nc1cccc(C=CC(=O)O)c1. The molecule has 102 valence electrons. The van der Waals surface area contributed by atoms with Crippen molar-refractivity contribution in [3.05, 3.63) is 57.8 Å². The van der Waals surface area contributed by atoms with Crippen LogP contribution in [-0.4, -0.2) is 17.0 Å². The summed E-state index contributed by atoms with van der Waals surface area (Å²) in [6.07, 6.45) is 2.54. The van der Waals surface area contributed by atoms with Crippen molar-refractivity contribution in [3.63, 3.8) is 0 Å². The fraction of sp³-hybridized carbons (Fsp3) is 0.0667. The van der Waals surface area contributed by atoms with Crippen molar-refractivity contribution in [2.24, 2.45) is 0 Å². The molecule has 0 aliphatic rings. The first-order valence-electron chi connectivity index (χ1n) is 5.93. The lowest BCUT2D eigenvalue weighted by Crippen LogP contribution is -2.11. The summed E-state index contributed by atoms with van der Waals surface area (Å²) in [6.45, 7) is 1.89. The van der Waals surface area contributed by atoms with Crippen LogP contribution in [-0.2, 0) is 4.79 Å². The normalized spacial score (nSPS) is 10.7. The van der Waals surface area contributed by atoms with Gasteiger partial charge in [0, 0.05) is 11.8 Å². The van der Waals surface area contributed by atoms with Gasteiger partial charge in [-0.1, -0.05) is 12.1 Å². The van der Waals surface area contributed by atoms with E-state index in [9.17, 15) is 9.59 Å². The molecule has 0 atom stereocenters. The smallest absolute Gasteiger partial charge is 0.328 e. The van der Waals surface area contributed by atoms with Crippen LogP contribution in [0.2, 0.25) is 0 Å². The zero-order valence-corrected chi connectivity index (χ0v) is 11.6. The molecule has 5 heteroatoms. The molecule has 2 aromatic rings. The number of anilines is 1. The number of carbonyl (C=O) groups is 2. The summed E-state index contributed by atoms with van der Waals surface area (Å²) in [5, 5.41) is 13.3. The third kappa shape index (κ3) is 3.55. The highest BCUT2D eigenvalue weighted by atomic mass is 32.1. The lowest BCUT2D eigenvalue weighted by Gasteiger charge is -2.05. The Morgan fingerprint density at radius 1 is 1.30 bits per heavy atom. The Morgan fingerprint density at radius 2 is 2.10 bits per heavy atom. The zero-order valence-electron chi connectivity index (χ0n) is 10.8. The van der Waals surface area contributed by atoms with Crippen LogP contribution in [0.3, 0.4) is 0 Å². The molecule has 0 spiro atoms. The van der Waals surface area contributed by atoms with Gasteiger partial charge in [-0.05, 0) is 47.7 Å². The van der Waals surface area contributed by atoms with Crippen molar-refractivity contribution in [2.45, 2.75) is 6.92 Å². The van der Waals surface area contributed by atoms with E-state index in [1.165, 1.54) is 17.4 Å². The molecule has 0 unspecified atom stereocenters. The minimum Gasteiger partial charge on any atom is -0.478 e. The van der Waals surface area contributed by atoms with Gasteiger partial charge < -0.3 is 10.4 Å². The Balaban J connectivity index is 2.14. The predicted octanol–water partition coefficient (Wildman–Crippen LogP) is 3.41. The molecular weight excluding hydrogens is 274 g/mol. The molecule has 0 aliphatic carbocycles. The van der Waals surface area contributed by atoms with Crippen molar-refractivity contribution in [2.75, 3.05) is 5.32 Å². The number of amides is 1. The fourth-order valence-corrected chi connectivity index (χ4v) is 2.50. The fourth-order valence-electron chi connectivity index (χ4n) is 1.68. The average Bonchev–Trinajstić information content (AvgIpc) is 2.83. The highest BCUT2D eigenvalue weighted by Gasteiger charge is 2.10. The van der Waals surface area contributed by atoms with Gasteiger partial charge >= 0.3 is 5.97 Å². The van der Waals surface area contributed by atoms with Gasteiger partial charge in [0.1, 0.15) is 0 Å². The summed E-state index contributed by atoms with van der Waals surface area (Å²) >= 11 is 1.39. The number of rotatable bonds is 4. The van der Waals surface area contributed by atoms with Gasteiger partial charge in [0.2, 0.25) is 0 Å². The summed E-state index contributed by atoms with van der Waals surface area (Å²) < 4.78 is 0. The van der Waals surface area contributed by atoms with Crippen molar-refractivity contribution >= 4 is 35.0 Å². The van der Waals surface area contributed by atoms with E-state index in [0.29, 0.717) is 16.1 Å². The summed E-state index contributed by atoms with van der Waals surface area (Å²) in [6, 6.07) is 8.91. The Labute approximate surface area is 120 Å². The van der Waals surface area contributed by atoms with E-state index in [1.807, 2.05) is 18.4 Å². The molecule has 0 radical (unpaired) electrons. The number of nitrogens with one attached hydrogen (secondary N) is 1. The minimum absolute atomic E-state index is 0.156.